The highest BCUT2D eigenvalue weighted by molar-refractivity contribution is 4.62. The highest BCUT2D eigenvalue weighted by Crippen LogP contribution is 2.16. The minimum Gasteiger partial charge on any atom is -0.381 e. The van der Waals surface area contributed by atoms with Crippen LogP contribution in [0, 0.1) is 11.3 Å². The third-order valence-corrected chi connectivity index (χ3v) is 2.15. The average molecular weight is 215 g/mol. The van der Waals surface area contributed by atoms with Crippen molar-refractivity contribution in [2.45, 2.75) is 47.5 Å². The van der Waals surface area contributed by atoms with Crippen LogP contribution >= 0.6 is 0 Å². The highest BCUT2D eigenvalue weighted by atomic mass is 16.5. The monoisotopic (exact) mass is 215 g/mol. The van der Waals surface area contributed by atoms with Crippen molar-refractivity contribution in [3.8, 4) is 0 Å². The Labute approximate surface area is 95.8 Å². The molecule has 0 rings (SSSR count). The van der Waals surface area contributed by atoms with Crippen molar-refractivity contribution < 1.29 is 4.74 Å². The first kappa shape index (κ1) is 14.9. The number of ether oxygens (including phenoxy) is 1. The Balaban J connectivity index is 3.06. The number of hydrogen-bond donors (Lipinski definition) is 1. The van der Waals surface area contributed by atoms with E-state index in [2.05, 4.69) is 39.9 Å². The van der Waals surface area contributed by atoms with E-state index in [0.717, 1.165) is 32.7 Å². The van der Waals surface area contributed by atoms with E-state index >= 15 is 0 Å². The molecule has 0 bridgehead atoms. The molecular formula is C13H29NO. The van der Waals surface area contributed by atoms with E-state index in [4.69, 9.17) is 4.74 Å². The van der Waals surface area contributed by atoms with Gasteiger partial charge in [-0.2, -0.15) is 0 Å². The Morgan fingerprint density at radius 1 is 1.13 bits per heavy atom. The maximum absolute atomic E-state index is 5.50. The van der Waals surface area contributed by atoms with Crippen LogP contribution in [0.2, 0.25) is 0 Å². The van der Waals surface area contributed by atoms with Crippen LogP contribution in [-0.4, -0.2) is 26.3 Å². The zero-order valence-electron chi connectivity index (χ0n) is 11.2. The summed E-state index contributed by atoms with van der Waals surface area (Å²) >= 11 is 0. The zero-order valence-corrected chi connectivity index (χ0v) is 11.2. The Morgan fingerprint density at radius 2 is 1.80 bits per heavy atom. The summed E-state index contributed by atoms with van der Waals surface area (Å²) in [6, 6.07) is 0. The maximum atomic E-state index is 5.50. The second kappa shape index (κ2) is 8.12. The van der Waals surface area contributed by atoms with Gasteiger partial charge in [-0.15, -0.1) is 0 Å². The van der Waals surface area contributed by atoms with Crippen LogP contribution in [0.1, 0.15) is 47.5 Å². The Hall–Kier alpha value is -0.0800. The van der Waals surface area contributed by atoms with Crippen LogP contribution in [0.3, 0.4) is 0 Å². The summed E-state index contributed by atoms with van der Waals surface area (Å²) in [4.78, 5) is 0. The molecule has 92 valence electrons. The van der Waals surface area contributed by atoms with Gasteiger partial charge in [0.05, 0.1) is 0 Å². The van der Waals surface area contributed by atoms with Gasteiger partial charge in [-0.3, -0.25) is 0 Å². The third kappa shape index (κ3) is 13.9. The van der Waals surface area contributed by atoms with Gasteiger partial charge in [0.15, 0.2) is 0 Å². The molecule has 2 nitrogen and oxygen atoms in total. The topological polar surface area (TPSA) is 21.3 Å². The lowest BCUT2D eigenvalue weighted by molar-refractivity contribution is 0.108. The van der Waals surface area contributed by atoms with Crippen molar-refractivity contribution in [2.24, 2.45) is 11.3 Å². The second-order valence-electron chi connectivity index (χ2n) is 5.88. The number of rotatable bonds is 8. The van der Waals surface area contributed by atoms with Gasteiger partial charge in [0.2, 0.25) is 0 Å². The molecule has 0 aromatic carbocycles. The normalized spacial score (nSPS) is 12.4. The minimum absolute atomic E-state index is 0.446. The van der Waals surface area contributed by atoms with Gasteiger partial charge < -0.3 is 10.1 Å². The molecule has 0 aliphatic rings. The van der Waals surface area contributed by atoms with Gasteiger partial charge in [0, 0.05) is 13.2 Å². The summed E-state index contributed by atoms with van der Waals surface area (Å²) in [6.07, 6.45) is 2.36. The molecule has 0 unspecified atom stereocenters. The molecule has 0 saturated heterocycles. The summed E-state index contributed by atoms with van der Waals surface area (Å²) in [5.41, 5.74) is 0.446. The molecule has 0 atom stereocenters. The van der Waals surface area contributed by atoms with Gasteiger partial charge >= 0.3 is 0 Å². The minimum atomic E-state index is 0.446. The van der Waals surface area contributed by atoms with Crippen LogP contribution in [-0.2, 0) is 4.74 Å². The quantitative estimate of drug-likeness (QED) is 0.628. The summed E-state index contributed by atoms with van der Waals surface area (Å²) in [5.74, 6) is 0.652. The summed E-state index contributed by atoms with van der Waals surface area (Å²) in [5, 5.41) is 3.45. The van der Waals surface area contributed by atoms with Crippen LogP contribution < -0.4 is 5.32 Å². The van der Waals surface area contributed by atoms with Crippen LogP contribution in [0.4, 0.5) is 0 Å². The molecule has 15 heavy (non-hydrogen) atoms. The van der Waals surface area contributed by atoms with E-state index in [9.17, 15) is 0 Å². The lowest BCUT2D eigenvalue weighted by Crippen LogP contribution is -2.22. The Morgan fingerprint density at radius 3 is 2.33 bits per heavy atom. The molecular weight excluding hydrogens is 186 g/mol. The van der Waals surface area contributed by atoms with Gasteiger partial charge in [-0.05, 0) is 37.3 Å². The zero-order chi connectivity index (χ0) is 11.7. The molecule has 0 spiro atoms. The third-order valence-electron chi connectivity index (χ3n) is 2.15. The van der Waals surface area contributed by atoms with Crippen LogP contribution in [0.25, 0.3) is 0 Å². The highest BCUT2D eigenvalue weighted by Gasteiger charge is 2.08. The van der Waals surface area contributed by atoms with Crippen molar-refractivity contribution in [1.29, 1.82) is 0 Å². The molecule has 0 aromatic rings. The van der Waals surface area contributed by atoms with Gasteiger partial charge in [-0.1, -0.05) is 34.6 Å². The second-order valence-corrected chi connectivity index (χ2v) is 5.88. The molecule has 0 aliphatic heterocycles. The molecule has 0 aliphatic carbocycles. The molecule has 0 fully saturated rings. The van der Waals surface area contributed by atoms with Crippen molar-refractivity contribution in [3.63, 3.8) is 0 Å². The lowest BCUT2D eigenvalue weighted by atomic mass is 9.92. The maximum Gasteiger partial charge on any atom is 0.0489 e. The molecule has 0 amide bonds. The lowest BCUT2D eigenvalue weighted by Gasteiger charge is -2.18. The first-order valence-electron chi connectivity index (χ1n) is 6.20. The van der Waals surface area contributed by atoms with Crippen LogP contribution in [0.15, 0.2) is 0 Å². The first-order valence-corrected chi connectivity index (χ1v) is 6.20. The van der Waals surface area contributed by atoms with E-state index in [1.807, 2.05) is 0 Å². The van der Waals surface area contributed by atoms with E-state index in [1.165, 1.54) is 6.42 Å². The molecule has 0 aromatic heterocycles. The van der Waals surface area contributed by atoms with Crippen molar-refractivity contribution >= 4 is 0 Å². The van der Waals surface area contributed by atoms with Gasteiger partial charge in [0.1, 0.15) is 0 Å². The summed E-state index contributed by atoms with van der Waals surface area (Å²) < 4.78 is 5.50. The average Bonchev–Trinajstić information content (AvgIpc) is 2.07. The predicted octanol–water partition coefficient (Wildman–Crippen LogP) is 3.07. The molecule has 0 heterocycles. The molecule has 0 radical (unpaired) electrons. The SMILES string of the molecule is CC(C)COCCCNCCC(C)(C)C. The van der Waals surface area contributed by atoms with E-state index in [0.29, 0.717) is 11.3 Å². The number of hydrogen-bond acceptors (Lipinski definition) is 2. The smallest absolute Gasteiger partial charge is 0.0489 e. The van der Waals surface area contributed by atoms with Gasteiger partial charge in [0.25, 0.3) is 0 Å². The molecule has 0 saturated carbocycles. The van der Waals surface area contributed by atoms with Gasteiger partial charge in [-0.25, -0.2) is 0 Å². The first-order chi connectivity index (χ1) is 6.92. The summed E-state index contributed by atoms with van der Waals surface area (Å²) in [7, 11) is 0. The largest absolute Gasteiger partial charge is 0.381 e. The van der Waals surface area contributed by atoms with E-state index in [-0.39, 0.29) is 0 Å². The van der Waals surface area contributed by atoms with E-state index < -0.39 is 0 Å². The Bertz CT molecular complexity index is 138. The fraction of sp³-hybridized carbons (Fsp3) is 1.00. The number of nitrogens with one attached hydrogen (secondary N) is 1. The van der Waals surface area contributed by atoms with Crippen LogP contribution in [0.5, 0.6) is 0 Å². The standard InChI is InChI=1S/C13H29NO/c1-12(2)11-15-10-6-8-14-9-7-13(3,4)5/h12,14H,6-11H2,1-5H3. The Kier molecular flexibility index (Phi) is 8.07. The van der Waals surface area contributed by atoms with E-state index in [1.54, 1.807) is 0 Å². The fourth-order valence-corrected chi connectivity index (χ4v) is 1.21. The van der Waals surface area contributed by atoms with Crippen molar-refractivity contribution in [2.75, 3.05) is 26.3 Å². The molecule has 1 N–H and O–H groups in total. The van der Waals surface area contributed by atoms with Crippen molar-refractivity contribution in [3.05, 3.63) is 0 Å². The van der Waals surface area contributed by atoms with Crippen molar-refractivity contribution in [1.82, 2.24) is 5.32 Å². The fourth-order valence-electron chi connectivity index (χ4n) is 1.21. The molecule has 2 heteroatoms. The predicted molar refractivity (Wildman–Crippen MR) is 67.2 cm³/mol. The summed E-state index contributed by atoms with van der Waals surface area (Å²) in [6.45, 7) is 15.2.